The van der Waals surface area contributed by atoms with Crippen LogP contribution in [0, 0.1) is 5.41 Å². The quantitative estimate of drug-likeness (QED) is 0.480. The SMILES string of the molecule is CCS(=O)(=O)C1=NSC2=NC(=O)/C(=C\c3ccc(SC)cc3)C(=N)N21. The van der Waals surface area contributed by atoms with Gasteiger partial charge in [-0.05, 0) is 30.0 Å². The van der Waals surface area contributed by atoms with Crippen LogP contribution in [0.1, 0.15) is 12.5 Å². The van der Waals surface area contributed by atoms with Crippen LogP contribution < -0.4 is 0 Å². The van der Waals surface area contributed by atoms with Gasteiger partial charge in [0.25, 0.3) is 5.91 Å². The van der Waals surface area contributed by atoms with E-state index in [9.17, 15) is 13.2 Å². The molecule has 0 fully saturated rings. The first-order valence-corrected chi connectivity index (χ1v) is 10.9. The second kappa shape index (κ2) is 6.77. The molecule has 10 heteroatoms. The average molecular weight is 395 g/mol. The van der Waals surface area contributed by atoms with Gasteiger partial charge in [-0.25, -0.2) is 13.3 Å². The smallest absolute Gasteiger partial charge is 0.283 e. The van der Waals surface area contributed by atoms with Crippen molar-refractivity contribution in [3.05, 3.63) is 35.4 Å². The van der Waals surface area contributed by atoms with Gasteiger partial charge in [-0.1, -0.05) is 19.1 Å². The number of benzene rings is 1. The fraction of sp³-hybridized carbons (Fsp3) is 0.200. The van der Waals surface area contributed by atoms with Gasteiger partial charge in [-0.2, -0.15) is 9.39 Å². The second-order valence-electron chi connectivity index (χ2n) is 5.08. The van der Waals surface area contributed by atoms with Crippen molar-refractivity contribution in [1.29, 1.82) is 5.41 Å². The molecule has 7 nitrogen and oxygen atoms in total. The molecule has 2 aliphatic rings. The summed E-state index contributed by atoms with van der Waals surface area (Å²) in [5.74, 6) is -0.958. The lowest BCUT2D eigenvalue weighted by Gasteiger charge is -2.24. The fourth-order valence-corrected chi connectivity index (χ4v) is 4.57. The largest absolute Gasteiger partial charge is 0.283 e. The number of aliphatic imine (C=N–C) groups is 1. The molecule has 0 aromatic heterocycles. The Morgan fingerprint density at radius 1 is 1.32 bits per heavy atom. The van der Waals surface area contributed by atoms with Crippen LogP contribution in [-0.4, -0.2) is 47.4 Å². The Hall–Kier alpha value is -1.91. The van der Waals surface area contributed by atoms with Crippen molar-refractivity contribution in [2.45, 2.75) is 11.8 Å². The van der Waals surface area contributed by atoms with Gasteiger partial charge >= 0.3 is 0 Å². The van der Waals surface area contributed by atoms with Crippen LogP contribution in [0.25, 0.3) is 6.08 Å². The van der Waals surface area contributed by atoms with Crippen molar-refractivity contribution >= 4 is 61.7 Å². The fourth-order valence-electron chi connectivity index (χ4n) is 2.20. The molecule has 25 heavy (non-hydrogen) atoms. The second-order valence-corrected chi connectivity index (χ2v) is 8.87. The number of fused-ring (bicyclic) bond motifs is 1. The Balaban J connectivity index is 2.01. The van der Waals surface area contributed by atoms with Crippen molar-refractivity contribution in [1.82, 2.24) is 4.90 Å². The first-order chi connectivity index (χ1) is 11.9. The highest BCUT2D eigenvalue weighted by molar-refractivity contribution is 8.16. The van der Waals surface area contributed by atoms with Crippen LogP contribution >= 0.6 is 23.7 Å². The van der Waals surface area contributed by atoms with Crippen LogP contribution in [0.2, 0.25) is 0 Å². The Labute approximate surface area is 153 Å². The lowest BCUT2D eigenvalue weighted by Crippen LogP contribution is -2.45. The van der Waals surface area contributed by atoms with Crippen LogP contribution in [0.3, 0.4) is 0 Å². The Morgan fingerprint density at radius 3 is 2.60 bits per heavy atom. The first-order valence-electron chi connectivity index (χ1n) is 7.23. The zero-order valence-corrected chi connectivity index (χ0v) is 15.8. The van der Waals surface area contributed by atoms with E-state index in [1.54, 1.807) is 11.8 Å². The molecule has 1 N–H and O–H groups in total. The van der Waals surface area contributed by atoms with E-state index in [2.05, 4.69) is 9.39 Å². The molecule has 0 saturated carbocycles. The molecule has 2 aliphatic heterocycles. The number of carbonyl (C=O) groups is 1. The number of carbonyl (C=O) groups excluding carboxylic acids is 1. The molecule has 1 amide bonds. The van der Waals surface area contributed by atoms with Gasteiger partial charge in [0.2, 0.25) is 20.2 Å². The predicted octanol–water partition coefficient (Wildman–Crippen LogP) is 2.42. The predicted molar refractivity (Wildman–Crippen MR) is 103 cm³/mol. The summed E-state index contributed by atoms with van der Waals surface area (Å²) in [5.41, 5.74) is 0.760. The number of hydrogen-bond donors (Lipinski definition) is 1. The summed E-state index contributed by atoms with van der Waals surface area (Å²) in [6.45, 7) is 1.50. The topological polar surface area (TPSA) is 103 Å². The van der Waals surface area contributed by atoms with Gasteiger partial charge in [-0.15, -0.1) is 11.8 Å². The van der Waals surface area contributed by atoms with E-state index in [1.807, 2.05) is 30.5 Å². The maximum atomic E-state index is 12.3. The number of amides is 1. The number of hydrogen-bond acceptors (Lipinski definition) is 7. The average Bonchev–Trinajstić information content (AvgIpc) is 3.04. The minimum atomic E-state index is -3.63. The molecule has 130 valence electrons. The van der Waals surface area contributed by atoms with E-state index in [0.717, 1.165) is 27.3 Å². The van der Waals surface area contributed by atoms with Crippen LogP contribution in [0.4, 0.5) is 0 Å². The Morgan fingerprint density at radius 2 is 2.00 bits per heavy atom. The summed E-state index contributed by atoms with van der Waals surface area (Å²) in [5, 5.41) is 8.15. The normalized spacial score (nSPS) is 19.1. The van der Waals surface area contributed by atoms with Crippen molar-refractivity contribution in [3.8, 4) is 0 Å². The standard InChI is InChI=1S/C15H14N4O3S3/c1-3-25(21,22)15-18-24-14-17-13(20)11(12(16)19(14)15)8-9-4-6-10(23-2)7-5-9/h4-8,16H,3H2,1-2H3/b11-8-,16-12?. The van der Waals surface area contributed by atoms with Gasteiger partial charge in [0.05, 0.1) is 23.3 Å². The lowest BCUT2D eigenvalue weighted by atomic mass is 10.1. The third-order valence-corrected chi connectivity index (χ3v) is 6.73. The molecule has 0 spiro atoms. The van der Waals surface area contributed by atoms with E-state index >= 15 is 0 Å². The minimum Gasteiger partial charge on any atom is -0.283 e. The molecular weight excluding hydrogens is 380 g/mol. The highest BCUT2D eigenvalue weighted by atomic mass is 32.2. The summed E-state index contributed by atoms with van der Waals surface area (Å²) < 4.78 is 28.2. The molecular formula is C15H14N4O3S3. The number of nitrogens with zero attached hydrogens (tertiary/aromatic N) is 3. The van der Waals surface area contributed by atoms with Gasteiger partial charge in [0, 0.05) is 4.90 Å². The molecule has 2 heterocycles. The number of amidine groups is 3. The third kappa shape index (κ3) is 3.29. The van der Waals surface area contributed by atoms with E-state index in [0.29, 0.717) is 0 Å². The van der Waals surface area contributed by atoms with Gasteiger partial charge in [-0.3, -0.25) is 10.2 Å². The number of nitrogens with one attached hydrogen (secondary N) is 1. The molecule has 1 aromatic rings. The van der Waals surface area contributed by atoms with E-state index < -0.39 is 15.7 Å². The summed E-state index contributed by atoms with van der Waals surface area (Å²) >= 11 is 2.39. The van der Waals surface area contributed by atoms with Gasteiger partial charge in [0.1, 0.15) is 5.84 Å². The summed E-state index contributed by atoms with van der Waals surface area (Å²) in [4.78, 5) is 18.3. The van der Waals surface area contributed by atoms with Crippen molar-refractivity contribution in [2.75, 3.05) is 12.0 Å². The molecule has 0 bridgehead atoms. The molecule has 0 radical (unpaired) electrons. The number of sulfone groups is 1. The molecule has 1 aromatic carbocycles. The zero-order chi connectivity index (χ0) is 18.2. The van der Waals surface area contributed by atoms with Crippen molar-refractivity contribution < 1.29 is 13.2 Å². The third-order valence-electron chi connectivity index (χ3n) is 3.58. The van der Waals surface area contributed by atoms with Crippen molar-refractivity contribution in [3.63, 3.8) is 0 Å². The highest BCUT2D eigenvalue weighted by Crippen LogP contribution is 2.30. The van der Waals surface area contributed by atoms with E-state index in [4.69, 9.17) is 5.41 Å². The number of thioether (sulfide) groups is 1. The maximum absolute atomic E-state index is 12.3. The van der Waals surface area contributed by atoms with E-state index in [1.165, 1.54) is 13.0 Å². The Bertz CT molecular complexity index is 947. The van der Waals surface area contributed by atoms with Crippen molar-refractivity contribution in [2.24, 2.45) is 9.39 Å². The molecule has 0 aliphatic carbocycles. The van der Waals surface area contributed by atoms with Crippen LogP contribution in [0.15, 0.2) is 44.1 Å². The maximum Gasteiger partial charge on any atom is 0.283 e. The molecule has 0 saturated heterocycles. The van der Waals surface area contributed by atoms with Gasteiger partial charge in [0.15, 0.2) is 0 Å². The summed E-state index contributed by atoms with van der Waals surface area (Å²) in [6.07, 6.45) is 3.50. The summed E-state index contributed by atoms with van der Waals surface area (Å²) in [7, 11) is -3.63. The molecule has 0 atom stereocenters. The van der Waals surface area contributed by atoms with Gasteiger partial charge < -0.3 is 0 Å². The number of rotatable bonds is 3. The summed E-state index contributed by atoms with van der Waals surface area (Å²) in [6, 6.07) is 7.47. The Kier molecular flexibility index (Phi) is 4.85. The minimum absolute atomic E-state index is 0.0298. The zero-order valence-electron chi connectivity index (χ0n) is 13.4. The molecule has 0 unspecified atom stereocenters. The van der Waals surface area contributed by atoms with Crippen LogP contribution in [-0.2, 0) is 14.6 Å². The first kappa shape index (κ1) is 17.9. The molecule has 3 rings (SSSR count). The highest BCUT2D eigenvalue weighted by Gasteiger charge is 2.41. The lowest BCUT2D eigenvalue weighted by molar-refractivity contribution is -0.114. The van der Waals surface area contributed by atoms with E-state index in [-0.39, 0.29) is 27.5 Å². The van der Waals surface area contributed by atoms with Crippen LogP contribution in [0.5, 0.6) is 0 Å². The monoisotopic (exact) mass is 394 g/mol.